The molecule has 156 valence electrons. The lowest BCUT2D eigenvalue weighted by atomic mass is 9.94. The summed E-state index contributed by atoms with van der Waals surface area (Å²) in [6.07, 6.45) is 0.372. The SMILES string of the molecule is CC1CC(=O)NN=C1c1ccc(N=NC(CCC(=O)O)c2ccc(O)cc2O)cc1. The van der Waals surface area contributed by atoms with Gasteiger partial charge in [0.15, 0.2) is 0 Å². The van der Waals surface area contributed by atoms with Crippen molar-refractivity contribution in [3.63, 3.8) is 0 Å². The van der Waals surface area contributed by atoms with Gasteiger partial charge in [-0.2, -0.15) is 15.3 Å². The number of hydrogen-bond acceptors (Lipinski definition) is 7. The Morgan fingerprint density at radius 3 is 2.60 bits per heavy atom. The first-order chi connectivity index (χ1) is 14.3. The van der Waals surface area contributed by atoms with Gasteiger partial charge in [0.25, 0.3) is 0 Å². The minimum Gasteiger partial charge on any atom is -0.508 e. The Morgan fingerprint density at radius 2 is 1.97 bits per heavy atom. The zero-order valence-electron chi connectivity index (χ0n) is 16.3. The number of amides is 1. The van der Waals surface area contributed by atoms with E-state index < -0.39 is 12.0 Å². The first-order valence-corrected chi connectivity index (χ1v) is 9.45. The average Bonchev–Trinajstić information content (AvgIpc) is 2.69. The first kappa shape index (κ1) is 21.0. The van der Waals surface area contributed by atoms with Crippen LogP contribution in [0.3, 0.4) is 0 Å². The minimum atomic E-state index is -0.979. The van der Waals surface area contributed by atoms with E-state index in [0.717, 1.165) is 11.3 Å². The number of carboxylic acid groups (broad SMARTS) is 1. The number of carbonyl (C=O) groups is 2. The zero-order valence-corrected chi connectivity index (χ0v) is 16.3. The number of nitrogens with one attached hydrogen (secondary N) is 1. The number of benzene rings is 2. The van der Waals surface area contributed by atoms with Crippen molar-refractivity contribution in [1.29, 1.82) is 0 Å². The summed E-state index contributed by atoms with van der Waals surface area (Å²) >= 11 is 0. The monoisotopic (exact) mass is 410 g/mol. The summed E-state index contributed by atoms with van der Waals surface area (Å²) in [5, 5.41) is 41.1. The highest BCUT2D eigenvalue weighted by Gasteiger charge is 2.21. The van der Waals surface area contributed by atoms with Gasteiger partial charge in [-0.15, -0.1) is 0 Å². The van der Waals surface area contributed by atoms with Gasteiger partial charge in [-0.1, -0.05) is 19.1 Å². The third-order valence-corrected chi connectivity index (χ3v) is 4.74. The van der Waals surface area contributed by atoms with E-state index in [1.54, 1.807) is 12.1 Å². The fraction of sp³-hybridized carbons (Fsp3) is 0.286. The molecular formula is C21H22N4O5. The number of phenols is 2. The predicted octanol–water partition coefficient (Wildman–Crippen LogP) is 3.65. The standard InChI is InChI=1S/C21H22N4O5/c1-12-10-19(28)24-25-21(12)13-2-4-14(5-3-13)22-23-17(8-9-20(29)30)16-7-6-15(26)11-18(16)27/h2-7,11-12,17,26-27H,8-10H2,1H3,(H,24,28)(H,29,30). The van der Waals surface area contributed by atoms with Crippen molar-refractivity contribution in [2.75, 3.05) is 0 Å². The molecule has 1 aliphatic rings. The summed E-state index contributed by atoms with van der Waals surface area (Å²) in [6.45, 7) is 1.93. The van der Waals surface area contributed by atoms with Crippen LogP contribution in [0.15, 0.2) is 57.8 Å². The molecule has 9 nitrogen and oxygen atoms in total. The molecule has 9 heteroatoms. The van der Waals surface area contributed by atoms with E-state index in [1.807, 2.05) is 19.1 Å². The maximum Gasteiger partial charge on any atom is 0.303 e. The van der Waals surface area contributed by atoms with Crippen molar-refractivity contribution in [1.82, 2.24) is 5.43 Å². The highest BCUT2D eigenvalue weighted by Crippen LogP contribution is 2.34. The van der Waals surface area contributed by atoms with Gasteiger partial charge < -0.3 is 15.3 Å². The van der Waals surface area contributed by atoms with E-state index in [2.05, 4.69) is 20.8 Å². The molecule has 1 aliphatic heterocycles. The molecule has 2 unspecified atom stereocenters. The normalized spacial score (nSPS) is 17.4. The Hall–Kier alpha value is -3.75. The van der Waals surface area contributed by atoms with Crippen LogP contribution in [0, 0.1) is 5.92 Å². The van der Waals surface area contributed by atoms with Gasteiger partial charge in [0.1, 0.15) is 17.5 Å². The molecule has 4 N–H and O–H groups in total. The van der Waals surface area contributed by atoms with Gasteiger partial charge >= 0.3 is 5.97 Å². The van der Waals surface area contributed by atoms with Crippen molar-refractivity contribution in [3.8, 4) is 11.5 Å². The summed E-state index contributed by atoms with van der Waals surface area (Å²) in [5.74, 6) is -1.36. The van der Waals surface area contributed by atoms with Gasteiger partial charge in [0, 0.05) is 30.4 Å². The fourth-order valence-corrected chi connectivity index (χ4v) is 3.19. The summed E-state index contributed by atoms with van der Waals surface area (Å²) in [7, 11) is 0. The van der Waals surface area contributed by atoms with Crippen LogP contribution >= 0.6 is 0 Å². The number of phenolic OH excluding ortho intramolecular Hbond substituents is 2. The Labute approximate surface area is 172 Å². The quantitative estimate of drug-likeness (QED) is 0.515. The molecule has 0 radical (unpaired) electrons. The Bertz CT molecular complexity index is 1000. The summed E-state index contributed by atoms with van der Waals surface area (Å²) in [6, 6.07) is 10.5. The van der Waals surface area contributed by atoms with Crippen LogP contribution in [0.4, 0.5) is 5.69 Å². The van der Waals surface area contributed by atoms with E-state index in [9.17, 15) is 19.8 Å². The maximum atomic E-state index is 11.4. The zero-order chi connectivity index (χ0) is 21.7. The van der Waals surface area contributed by atoms with Crippen LogP contribution in [0.1, 0.15) is 43.4 Å². The Morgan fingerprint density at radius 1 is 1.23 bits per heavy atom. The van der Waals surface area contributed by atoms with Crippen LogP contribution in [0.25, 0.3) is 0 Å². The number of azo groups is 1. The molecule has 0 saturated carbocycles. The second kappa shape index (κ2) is 9.17. The summed E-state index contributed by atoms with van der Waals surface area (Å²) in [4.78, 5) is 22.4. The molecule has 0 bridgehead atoms. The Kier molecular flexibility index (Phi) is 6.41. The number of aliphatic carboxylic acids is 1. The number of nitrogens with zero attached hydrogens (tertiary/aromatic N) is 3. The predicted molar refractivity (Wildman–Crippen MR) is 109 cm³/mol. The van der Waals surface area contributed by atoms with Crippen molar-refractivity contribution in [2.24, 2.45) is 21.2 Å². The van der Waals surface area contributed by atoms with Gasteiger partial charge in [-0.3, -0.25) is 9.59 Å². The topological polar surface area (TPSA) is 144 Å². The molecule has 2 atom stereocenters. The van der Waals surface area contributed by atoms with Crippen molar-refractivity contribution in [3.05, 3.63) is 53.6 Å². The van der Waals surface area contributed by atoms with Crippen LogP contribution in [0.5, 0.6) is 11.5 Å². The van der Waals surface area contributed by atoms with Crippen molar-refractivity contribution < 1.29 is 24.9 Å². The fourth-order valence-electron chi connectivity index (χ4n) is 3.19. The Balaban J connectivity index is 1.79. The number of hydrogen-bond donors (Lipinski definition) is 4. The molecule has 1 amide bonds. The lowest BCUT2D eigenvalue weighted by molar-refractivity contribution is -0.137. The number of aromatic hydroxyl groups is 2. The van der Waals surface area contributed by atoms with E-state index in [0.29, 0.717) is 17.7 Å². The van der Waals surface area contributed by atoms with Gasteiger partial charge in [0.2, 0.25) is 5.91 Å². The highest BCUT2D eigenvalue weighted by molar-refractivity contribution is 6.05. The van der Waals surface area contributed by atoms with Gasteiger partial charge in [-0.25, -0.2) is 5.43 Å². The average molecular weight is 410 g/mol. The van der Waals surface area contributed by atoms with Crippen LogP contribution in [-0.2, 0) is 9.59 Å². The van der Waals surface area contributed by atoms with Crippen molar-refractivity contribution in [2.45, 2.75) is 32.2 Å². The largest absolute Gasteiger partial charge is 0.508 e. The molecule has 0 saturated heterocycles. The molecular weight excluding hydrogens is 388 g/mol. The smallest absolute Gasteiger partial charge is 0.303 e. The second-order valence-corrected chi connectivity index (χ2v) is 7.09. The maximum absolute atomic E-state index is 11.4. The number of carboxylic acids is 1. The van der Waals surface area contributed by atoms with Crippen LogP contribution < -0.4 is 5.43 Å². The van der Waals surface area contributed by atoms with E-state index in [4.69, 9.17) is 5.11 Å². The molecule has 3 rings (SSSR count). The molecule has 0 spiro atoms. The summed E-state index contributed by atoms with van der Waals surface area (Å²) in [5.41, 5.74) is 5.06. The van der Waals surface area contributed by atoms with Crippen LogP contribution in [-0.4, -0.2) is 32.9 Å². The molecule has 2 aromatic carbocycles. The lowest BCUT2D eigenvalue weighted by Crippen LogP contribution is -2.31. The van der Waals surface area contributed by atoms with E-state index in [1.165, 1.54) is 18.2 Å². The number of hydrazone groups is 1. The molecule has 2 aromatic rings. The highest BCUT2D eigenvalue weighted by atomic mass is 16.4. The molecule has 0 aromatic heterocycles. The molecule has 1 heterocycles. The third-order valence-electron chi connectivity index (χ3n) is 4.74. The van der Waals surface area contributed by atoms with Crippen molar-refractivity contribution >= 4 is 23.3 Å². The minimum absolute atomic E-state index is 0.00379. The van der Waals surface area contributed by atoms with E-state index in [-0.39, 0.29) is 36.2 Å². The number of rotatable bonds is 7. The first-order valence-electron chi connectivity index (χ1n) is 9.45. The molecule has 30 heavy (non-hydrogen) atoms. The lowest BCUT2D eigenvalue weighted by Gasteiger charge is -2.19. The van der Waals surface area contributed by atoms with Gasteiger partial charge in [0.05, 0.1) is 11.4 Å². The third kappa shape index (κ3) is 5.19. The number of carbonyl (C=O) groups excluding carboxylic acids is 1. The van der Waals surface area contributed by atoms with E-state index >= 15 is 0 Å². The summed E-state index contributed by atoms with van der Waals surface area (Å²) < 4.78 is 0. The van der Waals surface area contributed by atoms with Crippen LogP contribution in [0.2, 0.25) is 0 Å². The van der Waals surface area contributed by atoms with Gasteiger partial charge in [-0.05, 0) is 36.2 Å². The second-order valence-electron chi connectivity index (χ2n) is 7.09. The molecule has 0 aliphatic carbocycles. The molecule has 0 fully saturated rings.